The van der Waals surface area contributed by atoms with Crippen molar-refractivity contribution in [1.82, 2.24) is 0 Å². The summed E-state index contributed by atoms with van der Waals surface area (Å²) in [5.74, 6) is -0.283. The third kappa shape index (κ3) is 2.08. The smallest absolute Gasteiger partial charge is 0.433 e. The molecule has 0 bridgehead atoms. The van der Waals surface area contributed by atoms with Gasteiger partial charge < -0.3 is 14.3 Å². The van der Waals surface area contributed by atoms with Crippen LogP contribution in [-0.2, 0) is 4.74 Å². The number of benzene rings is 1. The highest BCUT2D eigenvalue weighted by Gasteiger charge is 2.12. The monoisotopic (exact) mass is 247 g/mol. The first-order valence-corrected chi connectivity index (χ1v) is 5.00. The molecule has 0 aliphatic carbocycles. The van der Waals surface area contributed by atoms with E-state index in [4.69, 9.17) is 4.42 Å². The van der Waals surface area contributed by atoms with E-state index in [1.165, 1.54) is 0 Å². The topological polar surface area (TPSA) is 89.1 Å². The number of hydrogen-bond acceptors (Lipinski definition) is 5. The molecule has 1 N–H and O–H groups in total. The van der Waals surface area contributed by atoms with Crippen molar-refractivity contribution in [1.29, 1.82) is 0 Å². The lowest BCUT2D eigenvalue weighted by Crippen LogP contribution is -2.08. The molecule has 2 rings (SSSR count). The molecule has 6 nitrogen and oxygen atoms in total. The van der Waals surface area contributed by atoms with Gasteiger partial charge in [0.15, 0.2) is 0 Å². The van der Waals surface area contributed by atoms with Gasteiger partial charge >= 0.3 is 11.7 Å². The Kier molecular flexibility index (Phi) is 3.09. The number of para-hydroxylation sites is 1. The zero-order valence-corrected chi connectivity index (χ0v) is 9.41. The summed E-state index contributed by atoms with van der Waals surface area (Å²) in [4.78, 5) is 25.8. The largest absolute Gasteiger partial charge is 0.506 e. The van der Waals surface area contributed by atoms with Crippen molar-refractivity contribution < 1.29 is 19.1 Å². The fourth-order valence-corrected chi connectivity index (χ4v) is 1.43. The van der Waals surface area contributed by atoms with E-state index in [1.54, 1.807) is 24.3 Å². The van der Waals surface area contributed by atoms with Gasteiger partial charge in [-0.1, -0.05) is 12.1 Å². The van der Waals surface area contributed by atoms with Crippen LogP contribution in [0.3, 0.4) is 0 Å². The molecule has 0 atom stereocenters. The fourth-order valence-electron chi connectivity index (χ4n) is 1.43. The number of aromatic hydroxyl groups is 1. The van der Waals surface area contributed by atoms with E-state index in [0.29, 0.717) is 5.39 Å². The molecular formula is C12H9NO5. The van der Waals surface area contributed by atoms with Gasteiger partial charge in [-0.3, -0.25) is 0 Å². The minimum atomic E-state index is -0.873. The van der Waals surface area contributed by atoms with E-state index in [9.17, 15) is 14.7 Å². The summed E-state index contributed by atoms with van der Waals surface area (Å²) in [6.45, 7) is 0. The third-order valence-electron chi connectivity index (χ3n) is 2.29. The lowest BCUT2D eigenvalue weighted by molar-refractivity contribution is 0.183. The number of aliphatic imine (C=N–C) groups is 1. The zero-order valence-electron chi connectivity index (χ0n) is 9.41. The number of methoxy groups -OCH3 is 1. The van der Waals surface area contributed by atoms with E-state index in [1.807, 2.05) is 0 Å². The number of fused-ring (bicyclic) bond motifs is 1. The van der Waals surface area contributed by atoms with Crippen molar-refractivity contribution in [3.05, 3.63) is 40.2 Å². The molecule has 2 aromatic rings. The molecule has 0 radical (unpaired) electrons. The maximum absolute atomic E-state index is 11.6. The second-order valence-corrected chi connectivity index (χ2v) is 3.38. The quantitative estimate of drug-likeness (QED) is 0.611. The molecule has 1 aromatic carbocycles. The predicted molar refractivity (Wildman–Crippen MR) is 64.1 cm³/mol. The molecule has 92 valence electrons. The van der Waals surface area contributed by atoms with Crippen molar-refractivity contribution in [2.45, 2.75) is 0 Å². The molecule has 0 aliphatic heterocycles. The van der Waals surface area contributed by atoms with Crippen LogP contribution in [0.2, 0.25) is 0 Å². The van der Waals surface area contributed by atoms with Crippen LogP contribution in [-0.4, -0.2) is 24.5 Å². The van der Waals surface area contributed by atoms with Crippen LogP contribution in [0.25, 0.3) is 11.0 Å². The molecule has 0 unspecified atom stereocenters. The third-order valence-corrected chi connectivity index (χ3v) is 2.29. The van der Waals surface area contributed by atoms with Crippen LogP contribution in [0.15, 0.2) is 38.5 Å². The van der Waals surface area contributed by atoms with Gasteiger partial charge in [0, 0.05) is 0 Å². The van der Waals surface area contributed by atoms with Gasteiger partial charge in [0.25, 0.3) is 0 Å². The van der Waals surface area contributed by atoms with Gasteiger partial charge in [-0.15, -0.1) is 0 Å². The van der Waals surface area contributed by atoms with Gasteiger partial charge in [0.05, 0.1) is 18.7 Å². The SMILES string of the molecule is COC(=O)/N=C/c1c(O)c2ccccc2oc1=O. The molecule has 1 heterocycles. The van der Waals surface area contributed by atoms with Gasteiger partial charge in [0.1, 0.15) is 16.9 Å². The van der Waals surface area contributed by atoms with Crippen molar-refractivity contribution in [3.63, 3.8) is 0 Å². The minimum absolute atomic E-state index is 0.195. The molecule has 0 saturated carbocycles. The van der Waals surface area contributed by atoms with Crippen LogP contribution < -0.4 is 5.63 Å². The first kappa shape index (κ1) is 11.8. The van der Waals surface area contributed by atoms with E-state index in [-0.39, 0.29) is 16.9 Å². The zero-order chi connectivity index (χ0) is 13.1. The Morgan fingerprint density at radius 2 is 2.17 bits per heavy atom. The normalized spacial score (nSPS) is 10.9. The first-order chi connectivity index (χ1) is 8.63. The van der Waals surface area contributed by atoms with Crippen LogP contribution in [0.4, 0.5) is 4.79 Å². The van der Waals surface area contributed by atoms with E-state index in [0.717, 1.165) is 13.3 Å². The number of nitrogens with zero attached hydrogens (tertiary/aromatic N) is 1. The Morgan fingerprint density at radius 1 is 1.44 bits per heavy atom. The highest BCUT2D eigenvalue weighted by Crippen LogP contribution is 2.24. The molecule has 1 aromatic heterocycles. The lowest BCUT2D eigenvalue weighted by atomic mass is 10.1. The predicted octanol–water partition coefficient (Wildman–Crippen LogP) is 1.68. The second-order valence-electron chi connectivity index (χ2n) is 3.38. The van der Waals surface area contributed by atoms with Crippen LogP contribution >= 0.6 is 0 Å². The highest BCUT2D eigenvalue weighted by atomic mass is 16.5. The van der Waals surface area contributed by atoms with Gasteiger partial charge in [-0.2, -0.15) is 4.99 Å². The summed E-state index contributed by atoms with van der Waals surface area (Å²) >= 11 is 0. The summed E-state index contributed by atoms with van der Waals surface area (Å²) < 4.78 is 9.27. The van der Waals surface area contributed by atoms with Gasteiger partial charge in [0.2, 0.25) is 0 Å². The average molecular weight is 247 g/mol. The molecular weight excluding hydrogens is 238 g/mol. The van der Waals surface area contributed by atoms with Crippen LogP contribution in [0.1, 0.15) is 5.56 Å². The summed E-state index contributed by atoms with van der Waals surface area (Å²) in [6.07, 6.45) is 0.0429. The van der Waals surface area contributed by atoms with E-state index < -0.39 is 11.7 Å². The standard InChI is InChI=1S/C12H9NO5/c1-17-12(16)13-6-8-10(14)7-4-2-3-5-9(7)18-11(8)15/h2-6,14H,1H3/b13-6+. The molecule has 0 fully saturated rings. The Labute approximate surface area is 101 Å². The van der Waals surface area contributed by atoms with Gasteiger partial charge in [-0.05, 0) is 12.1 Å². The fraction of sp³-hybridized carbons (Fsp3) is 0.0833. The summed E-state index contributed by atoms with van der Waals surface area (Å²) in [5, 5.41) is 10.3. The highest BCUT2D eigenvalue weighted by molar-refractivity contribution is 5.96. The second kappa shape index (κ2) is 4.70. The molecule has 1 amide bonds. The summed E-state index contributed by atoms with van der Waals surface area (Å²) in [7, 11) is 1.16. The Morgan fingerprint density at radius 3 is 2.89 bits per heavy atom. The van der Waals surface area contributed by atoms with Gasteiger partial charge in [-0.25, -0.2) is 9.59 Å². The van der Waals surface area contributed by atoms with E-state index in [2.05, 4.69) is 9.73 Å². The molecule has 0 saturated heterocycles. The van der Waals surface area contributed by atoms with Crippen LogP contribution in [0, 0.1) is 0 Å². The average Bonchev–Trinajstić information content (AvgIpc) is 2.38. The Bertz CT molecular complexity index is 686. The Balaban J connectivity index is 2.61. The van der Waals surface area contributed by atoms with Crippen LogP contribution in [0.5, 0.6) is 5.75 Å². The molecule has 18 heavy (non-hydrogen) atoms. The minimum Gasteiger partial charge on any atom is -0.506 e. The summed E-state index contributed by atoms with van der Waals surface area (Å²) in [5.41, 5.74) is -0.715. The van der Waals surface area contributed by atoms with Crippen molar-refractivity contribution in [2.24, 2.45) is 4.99 Å². The number of amides is 1. The lowest BCUT2D eigenvalue weighted by Gasteiger charge is -2.01. The maximum atomic E-state index is 11.6. The Hall–Kier alpha value is -2.63. The van der Waals surface area contributed by atoms with Crippen molar-refractivity contribution in [3.8, 4) is 5.75 Å². The number of ether oxygens (including phenoxy) is 1. The summed E-state index contributed by atoms with van der Waals surface area (Å²) in [6, 6.07) is 6.50. The molecule has 0 spiro atoms. The molecule has 6 heteroatoms. The van der Waals surface area contributed by atoms with Crippen molar-refractivity contribution in [2.75, 3.05) is 7.11 Å². The number of carbonyl (C=O) groups excluding carboxylic acids is 1. The van der Waals surface area contributed by atoms with Crippen molar-refractivity contribution >= 4 is 23.3 Å². The number of carbonyl (C=O) groups is 1. The first-order valence-electron chi connectivity index (χ1n) is 5.00. The number of hydrogen-bond donors (Lipinski definition) is 1. The van der Waals surface area contributed by atoms with E-state index >= 15 is 0 Å². The molecule has 0 aliphatic rings. The number of rotatable bonds is 1. The maximum Gasteiger partial charge on any atom is 0.433 e.